The van der Waals surface area contributed by atoms with Crippen molar-refractivity contribution >= 4 is 17.0 Å². The number of imidazole rings is 1. The van der Waals surface area contributed by atoms with Crippen LogP contribution in [0.3, 0.4) is 0 Å². The number of aromatic nitrogens is 2. The van der Waals surface area contributed by atoms with Crippen LogP contribution < -0.4 is 0 Å². The van der Waals surface area contributed by atoms with Gasteiger partial charge in [0, 0.05) is 13.0 Å². The van der Waals surface area contributed by atoms with E-state index in [0.717, 1.165) is 40.0 Å². The highest BCUT2D eigenvalue weighted by Crippen LogP contribution is 2.25. The molecule has 0 saturated heterocycles. The molecule has 4 aromatic carbocycles. The number of nitrogens with zero attached hydrogens (tertiary/aromatic N) is 2. The molecule has 0 aliphatic heterocycles. The molecule has 0 aliphatic carbocycles. The molecule has 0 atom stereocenters. The van der Waals surface area contributed by atoms with Crippen LogP contribution in [0.5, 0.6) is 0 Å². The van der Waals surface area contributed by atoms with Crippen LogP contribution in [-0.2, 0) is 13.0 Å². The smallest absolute Gasteiger partial charge is 0.336 e. The molecule has 0 bridgehead atoms. The van der Waals surface area contributed by atoms with Crippen LogP contribution >= 0.6 is 0 Å². The standard InChI is InChI=1S/C28H22N2O2/c31-28(32)24-11-5-4-10-23(24)22-16-14-21(15-17-22)19-30-26-13-7-6-12-25(26)29-27(30)18-20-8-2-1-3-9-20/h1-17H,18-19H2,(H,31,32). The maximum Gasteiger partial charge on any atom is 0.336 e. The van der Waals surface area contributed by atoms with Gasteiger partial charge in [-0.05, 0) is 40.5 Å². The van der Waals surface area contributed by atoms with Gasteiger partial charge < -0.3 is 9.67 Å². The number of hydrogen-bond acceptors (Lipinski definition) is 2. The first-order valence-electron chi connectivity index (χ1n) is 10.6. The van der Waals surface area contributed by atoms with Gasteiger partial charge in [-0.25, -0.2) is 9.78 Å². The topological polar surface area (TPSA) is 55.1 Å². The molecule has 0 radical (unpaired) electrons. The number of carboxylic acid groups (broad SMARTS) is 1. The Hall–Kier alpha value is -4.18. The summed E-state index contributed by atoms with van der Waals surface area (Å²) in [6.45, 7) is 0.698. The van der Waals surface area contributed by atoms with Crippen molar-refractivity contribution in [2.24, 2.45) is 0 Å². The van der Waals surface area contributed by atoms with E-state index in [1.807, 2.05) is 48.5 Å². The van der Waals surface area contributed by atoms with E-state index in [2.05, 4.69) is 47.0 Å². The Balaban J connectivity index is 1.48. The molecule has 0 amide bonds. The van der Waals surface area contributed by atoms with Gasteiger partial charge in [-0.1, -0.05) is 84.9 Å². The van der Waals surface area contributed by atoms with E-state index < -0.39 is 5.97 Å². The predicted molar refractivity (Wildman–Crippen MR) is 127 cm³/mol. The van der Waals surface area contributed by atoms with Crippen molar-refractivity contribution < 1.29 is 9.90 Å². The lowest BCUT2D eigenvalue weighted by atomic mass is 9.99. The maximum atomic E-state index is 11.6. The minimum absolute atomic E-state index is 0.311. The van der Waals surface area contributed by atoms with Crippen LogP contribution in [0.2, 0.25) is 0 Å². The zero-order chi connectivity index (χ0) is 21.9. The van der Waals surface area contributed by atoms with Crippen LogP contribution in [-0.4, -0.2) is 20.6 Å². The lowest BCUT2D eigenvalue weighted by Gasteiger charge is -2.11. The van der Waals surface area contributed by atoms with Crippen LogP contribution in [0.1, 0.15) is 27.3 Å². The van der Waals surface area contributed by atoms with E-state index in [1.54, 1.807) is 12.1 Å². The summed E-state index contributed by atoms with van der Waals surface area (Å²) in [7, 11) is 0. The third kappa shape index (κ3) is 3.91. The fourth-order valence-corrected chi connectivity index (χ4v) is 4.11. The van der Waals surface area contributed by atoms with E-state index in [9.17, 15) is 9.90 Å². The normalized spacial score (nSPS) is 11.0. The van der Waals surface area contributed by atoms with E-state index >= 15 is 0 Å². The third-order valence-corrected chi connectivity index (χ3v) is 5.70. The van der Waals surface area contributed by atoms with Gasteiger partial charge in [0.15, 0.2) is 0 Å². The largest absolute Gasteiger partial charge is 0.478 e. The summed E-state index contributed by atoms with van der Waals surface area (Å²) in [6, 6.07) is 33.8. The Morgan fingerprint density at radius 2 is 1.44 bits per heavy atom. The number of aromatic carboxylic acids is 1. The fourth-order valence-electron chi connectivity index (χ4n) is 4.11. The average molecular weight is 418 g/mol. The van der Waals surface area contributed by atoms with Gasteiger partial charge in [0.05, 0.1) is 16.6 Å². The molecule has 4 nitrogen and oxygen atoms in total. The molecular formula is C28H22N2O2. The Kier molecular flexibility index (Phi) is 5.26. The minimum atomic E-state index is -0.917. The van der Waals surface area contributed by atoms with Crippen molar-refractivity contribution in [1.82, 2.24) is 9.55 Å². The molecule has 0 saturated carbocycles. The Morgan fingerprint density at radius 3 is 2.22 bits per heavy atom. The zero-order valence-corrected chi connectivity index (χ0v) is 17.5. The highest BCUT2D eigenvalue weighted by atomic mass is 16.4. The fraction of sp³-hybridized carbons (Fsp3) is 0.0714. The zero-order valence-electron chi connectivity index (χ0n) is 17.5. The summed E-state index contributed by atoms with van der Waals surface area (Å²) >= 11 is 0. The number of fused-ring (bicyclic) bond motifs is 1. The second-order valence-corrected chi connectivity index (χ2v) is 7.81. The molecule has 1 aromatic heterocycles. The number of rotatable bonds is 6. The van der Waals surface area contributed by atoms with Crippen LogP contribution in [0.25, 0.3) is 22.2 Å². The summed E-state index contributed by atoms with van der Waals surface area (Å²) < 4.78 is 2.27. The second-order valence-electron chi connectivity index (χ2n) is 7.81. The van der Waals surface area contributed by atoms with Gasteiger partial charge in [0.2, 0.25) is 0 Å². The van der Waals surface area contributed by atoms with Gasteiger partial charge in [-0.15, -0.1) is 0 Å². The summed E-state index contributed by atoms with van der Waals surface area (Å²) in [4.78, 5) is 16.5. The first kappa shape index (κ1) is 19.8. The summed E-state index contributed by atoms with van der Waals surface area (Å²) in [5, 5.41) is 9.49. The molecule has 32 heavy (non-hydrogen) atoms. The number of para-hydroxylation sites is 2. The summed E-state index contributed by atoms with van der Waals surface area (Å²) in [5.41, 5.74) is 6.40. The number of hydrogen-bond donors (Lipinski definition) is 1. The van der Waals surface area contributed by atoms with Gasteiger partial charge in [0.25, 0.3) is 0 Å². The van der Waals surface area contributed by atoms with E-state index in [1.165, 1.54) is 5.56 Å². The van der Waals surface area contributed by atoms with Crippen molar-refractivity contribution in [2.45, 2.75) is 13.0 Å². The number of carbonyl (C=O) groups is 1. The molecule has 0 spiro atoms. The molecule has 0 fully saturated rings. The van der Waals surface area contributed by atoms with Crippen LogP contribution in [0.4, 0.5) is 0 Å². The van der Waals surface area contributed by atoms with E-state index in [-0.39, 0.29) is 0 Å². The van der Waals surface area contributed by atoms with Gasteiger partial charge in [0.1, 0.15) is 5.82 Å². The molecule has 5 aromatic rings. The van der Waals surface area contributed by atoms with Crippen molar-refractivity contribution in [3.63, 3.8) is 0 Å². The van der Waals surface area contributed by atoms with E-state index in [4.69, 9.17) is 4.98 Å². The third-order valence-electron chi connectivity index (χ3n) is 5.70. The monoisotopic (exact) mass is 418 g/mol. The molecule has 5 rings (SSSR count). The SMILES string of the molecule is O=C(O)c1ccccc1-c1ccc(Cn2c(Cc3ccccc3)nc3ccccc32)cc1. The molecule has 0 aliphatic rings. The van der Waals surface area contributed by atoms with Crippen LogP contribution in [0, 0.1) is 0 Å². The quantitative estimate of drug-likeness (QED) is 0.366. The highest BCUT2D eigenvalue weighted by molar-refractivity contribution is 5.96. The number of carboxylic acids is 1. The Labute approximate surface area is 186 Å². The van der Waals surface area contributed by atoms with Gasteiger partial charge >= 0.3 is 5.97 Å². The second kappa shape index (κ2) is 8.52. The maximum absolute atomic E-state index is 11.6. The van der Waals surface area contributed by atoms with Gasteiger partial charge in [-0.3, -0.25) is 0 Å². The predicted octanol–water partition coefficient (Wildman–Crippen LogP) is 6.04. The average Bonchev–Trinajstić information content (AvgIpc) is 3.17. The molecule has 1 heterocycles. The summed E-state index contributed by atoms with van der Waals surface area (Å²) in [5.74, 6) is 0.109. The highest BCUT2D eigenvalue weighted by Gasteiger charge is 2.13. The first-order valence-corrected chi connectivity index (χ1v) is 10.6. The molecule has 0 unspecified atom stereocenters. The molecule has 156 valence electrons. The van der Waals surface area contributed by atoms with Crippen molar-refractivity contribution in [2.75, 3.05) is 0 Å². The van der Waals surface area contributed by atoms with E-state index in [0.29, 0.717) is 12.1 Å². The molecule has 1 N–H and O–H groups in total. The first-order chi connectivity index (χ1) is 15.7. The lowest BCUT2D eigenvalue weighted by molar-refractivity contribution is 0.0697. The minimum Gasteiger partial charge on any atom is -0.478 e. The lowest BCUT2D eigenvalue weighted by Crippen LogP contribution is -2.06. The van der Waals surface area contributed by atoms with Crippen molar-refractivity contribution in [1.29, 1.82) is 0 Å². The molecule has 4 heteroatoms. The molecular weight excluding hydrogens is 396 g/mol. The Morgan fingerprint density at radius 1 is 0.750 bits per heavy atom. The van der Waals surface area contributed by atoms with Crippen LogP contribution in [0.15, 0.2) is 103 Å². The van der Waals surface area contributed by atoms with Crippen molar-refractivity contribution in [3.8, 4) is 11.1 Å². The number of benzene rings is 4. The summed E-state index contributed by atoms with van der Waals surface area (Å²) in [6.07, 6.45) is 0.763. The van der Waals surface area contributed by atoms with Crippen molar-refractivity contribution in [3.05, 3.63) is 126 Å². The van der Waals surface area contributed by atoms with Gasteiger partial charge in [-0.2, -0.15) is 0 Å². The Bertz CT molecular complexity index is 1390.